The van der Waals surface area contributed by atoms with Gasteiger partial charge in [0.05, 0.1) is 29.7 Å². The molecule has 0 radical (unpaired) electrons. The molecule has 1 amide bonds. The van der Waals surface area contributed by atoms with Gasteiger partial charge in [0.25, 0.3) is 11.5 Å². The number of aliphatic hydroxyl groups is 1. The van der Waals surface area contributed by atoms with E-state index >= 15 is 0 Å². The molecule has 1 fully saturated rings. The van der Waals surface area contributed by atoms with Gasteiger partial charge >= 0.3 is 0 Å². The molecule has 2 aromatic heterocycles. The second-order valence-electron chi connectivity index (χ2n) is 7.81. The maximum absolute atomic E-state index is 13.1. The molecule has 1 aliphatic carbocycles. The van der Waals surface area contributed by atoms with Gasteiger partial charge < -0.3 is 10.4 Å². The summed E-state index contributed by atoms with van der Waals surface area (Å²) in [5.41, 5.74) is -0.0145. The summed E-state index contributed by atoms with van der Waals surface area (Å²) < 4.78 is 2.71. The van der Waals surface area contributed by atoms with Crippen LogP contribution in [0.3, 0.4) is 0 Å². The third-order valence-corrected chi connectivity index (χ3v) is 5.72. The normalized spacial score (nSPS) is 21.0. The van der Waals surface area contributed by atoms with Crippen LogP contribution in [0.4, 0.5) is 0 Å². The molecule has 156 valence electrons. The third kappa shape index (κ3) is 3.88. The first-order chi connectivity index (χ1) is 14.2. The molecule has 1 aromatic carbocycles. The lowest BCUT2D eigenvalue weighted by atomic mass is 10.00. The van der Waals surface area contributed by atoms with Crippen LogP contribution in [-0.4, -0.2) is 42.2 Å². The summed E-state index contributed by atoms with van der Waals surface area (Å²) in [6, 6.07) is 8.03. The highest BCUT2D eigenvalue weighted by molar-refractivity contribution is 6.30. The Hall–Kier alpha value is -2.97. The number of carbonyl (C=O) groups excluding carboxylic acids is 1. The standard InChI is InChI=1S/C21H22ClN5O3/c1-21(30)9-3-4-18(21)24-19(28)16-10-17(13-5-7-14(22)8-6-13)25-27(20(16)29)15-11-23-26(2)12-15/h5-8,10-12,18,30H,3-4,9H2,1-2H3,(H,24,28)/t18-,21+/m0/s1. The Kier molecular flexibility index (Phi) is 5.21. The number of rotatable bonds is 4. The Morgan fingerprint density at radius 1 is 1.33 bits per heavy atom. The number of hydrogen-bond acceptors (Lipinski definition) is 5. The van der Waals surface area contributed by atoms with Crippen molar-refractivity contribution in [1.29, 1.82) is 0 Å². The van der Waals surface area contributed by atoms with Gasteiger partial charge in [-0.25, -0.2) is 0 Å². The molecular weight excluding hydrogens is 406 g/mol. The van der Waals surface area contributed by atoms with Crippen molar-refractivity contribution in [3.05, 3.63) is 63.7 Å². The molecule has 0 saturated heterocycles. The molecule has 3 aromatic rings. The summed E-state index contributed by atoms with van der Waals surface area (Å²) >= 11 is 5.98. The minimum atomic E-state index is -0.996. The minimum absolute atomic E-state index is 0.0542. The van der Waals surface area contributed by atoms with Gasteiger partial charge in [-0.2, -0.15) is 14.9 Å². The maximum atomic E-state index is 13.1. The molecule has 0 spiro atoms. The van der Waals surface area contributed by atoms with Crippen LogP contribution in [0.1, 0.15) is 36.5 Å². The average molecular weight is 428 g/mol. The van der Waals surface area contributed by atoms with Gasteiger partial charge in [0, 0.05) is 17.6 Å². The smallest absolute Gasteiger partial charge is 0.284 e. The quantitative estimate of drug-likeness (QED) is 0.665. The Morgan fingerprint density at radius 3 is 2.67 bits per heavy atom. The number of halogens is 1. The summed E-state index contributed by atoms with van der Waals surface area (Å²) in [5, 5.41) is 22.4. The highest BCUT2D eigenvalue weighted by Gasteiger charge is 2.38. The fraction of sp³-hybridized carbons (Fsp3) is 0.333. The fourth-order valence-corrected chi connectivity index (χ4v) is 3.85. The lowest BCUT2D eigenvalue weighted by Crippen LogP contribution is -2.48. The lowest BCUT2D eigenvalue weighted by molar-refractivity contribution is 0.0367. The number of aryl methyl sites for hydroxylation is 1. The van der Waals surface area contributed by atoms with E-state index in [1.54, 1.807) is 49.1 Å². The highest BCUT2D eigenvalue weighted by Crippen LogP contribution is 2.29. The molecular formula is C21H22ClN5O3. The Labute approximate surface area is 178 Å². The number of nitrogens with one attached hydrogen (secondary N) is 1. The number of hydrogen-bond donors (Lipinski definition) is 2. The Morgan fingerprint density at radius 2 is 2.07 bits per heavy atom. The molecule has 30 heavy (non-hydrogen) atoms. The third-order valence-electron chi connectivity index (χ3n) is 5.46. The monoisotopic (exact) mass is 427 g/mol. The van der Waals surface area contributed by atoms with E-state index in [1.807, 2.05) is 0 Å². The van der Waals surface area contributed by atoms with Crippen LogP contribution >= 0.6 is 11.6 Å². The minimum Gasteiger partial charge on any atom is -0.388 e. The number of nitrogens with zero attached hydrogens (tertiary/aromatic N) is 4. The first kappa shape index (κ1) is 20.3. The molecule has 9 heteroatoms. The summed E-state index contributed by atoms with van der Waals surface area (Å²) in [5.74, 6) is -0.539. The molecule has 4 rings (SSSR count). The van der Waals surface area contributed by atoms with E-state index in [0.29, 0.717) is 34.8 Å². The number of benzene rings is 1. The van der Waals surface area contributed by atoms with Crippen LogP contribution in [0, 0.1) is 0 Å². The molecule has 2 atom stereocenters. The van der Waals surface area contributed by atoms with Crippen LogP contribution in [-0.2, 0) is 7.05 Å². The molecule has 2 heterocycles. The van der Waals surface area contributed by atoms with Gasteiger partial charge in [-0.1, -0.05) is 23.7 Å². The van der Waals surface area contributed by atoms with Crippen LogP contribution in [0.2, 0.25) is 5.02 Å². The first-order valence-electron chi connectivity index (χ1n) is 9.67. The highest BCUT2D eigenvalue weighted by atomic mass is 35.5. The summed E-state index contributed by atoms with van der Waals surface area (Å²) in [6.45, 7) is 1.70. The molecule has 0 aliphatic heterocycles. The van der Waals surface area contributed by atoms with E-state index < -0.39 is 23.1 Å². The Balaban J connectivity index is 1.80. The predicted octanol–water partition coefficient (Wildman–Crippen LogP) is 2.32. The van der Waals surface area contributed by atoms with Gasteiger partial charge in [-0.15, -0.1) is 0 Å². The van der Waals surface area contributed by atoms with E-state index in [9.17, 15) is 14.7 Å². The molecule has 1 saturated carbocycles. The fourth-order valence-electron chi connectivity index (χ4n) is 3.72. The average Bonchev–Trinajstić information content (AvgIpc) is 3.27. The zero-order valence-corrected chi connectivity index (χ0v) is 17.4. The van der Waals surface area contributed by atoms with E-state index in [1.165, 1.54) is 16.9 Å². The van der Waals surface area contributed by atoms with Crippen LogP contribution in [0.15, 0.2) is 47.5 Å². The maximum Gasteiger partial charge on any atom is 0.284 e. The van der Waals surface area contributed by atoms with E-state index in [-0.39, 0.29) is 5.56 Å². The molecule has 1 aliphatic rings. The molecule has 2 N–H and O–H groups in total. The summed E-state index contributed by atoms with van der Waals surface area (Å²) in [6.07, 6.45) is 5.21. The van der Waals surface area contributed by atoms with Crippen LogP contribution < -0.4 is 10.9 Å². The molecule has 0 unspecified atom stereocenters. The summed E-state index contributed by atoms with van der Waals surface area (Å²) in [4.78, 5) is 26.1. The van der Waals surface area contributed by atoms with E-state index in [0.717, 1.165) is 6.42 Å². The Bertz CT molecular complexity index is 1150. The first-order valence-corrected chi connectivity index (χ1v) is 10.0. The van der Waals surface area contributed by atoms with Crippen molar-refractivity contribution in [2.45, 2.75) is 37.8 Å². The lowest BCUT2D eigenvalue weighted by Gasteiger charge is -2.26. The van der Waals surface area contributed by atoms with Crippen LogP contribution in [0.25, 0.3) is 16.9 Å². The second-order valence-corrected chi connectivity index (χ2v) is 8.25. The van der Waals surface area contributed by atoms with E-state index in [4.69, 9.17) is 11.6 Å². The zero-order chi connectivity index (χ0) is 21.5. The van der Waals surface area contributed by atoms with Crippen LogP contribution in [0.5, 0.6) is 0 Å². The number of amides is 1. The van der Waals surface area contributed by atoms with Crippen molar-refractivity contribution in [2.75, 3.05) is 0 Å². The summed E-state index contributed by atoms with van der Waals surface area (Å²) in [7, 11) is 1.73. The van der Waals surface area contributed by atoms with Crippen molar-refractivity contribution < 1.29 is 9.90 Å². The van der Waals surface area contributed by atoms with Gasteiger partial charge in [0.1, 0.15) is 11.3 Å². The van der Waals surface area contributed by atoms with Crippen molar-refractivity contribution in [3.8, 4) is 16.9 Å². The number of aromatic nitrogens is 4. The topological polar surface area (TPSA) is 102 Å². The van der Waals surface area contributed by atoms with Gasteiger partial charge in [0.2, 0.25) is 0 Å². The van der Waals surface area contributed by atoms with Gasteiger partial charge in [-0.05, 0) is 44.4 Å². The van der Waals surface area contributed by atoms with Crippen molar-refractivity contribution in [3.63, 3.8) is 0 Å². The molecule has 0 bridgehead atoms. The van der Waals surface area contributed by atoms with Gasteiger partial charge in [-0.3, -0.25) is 14.3 Å². The largest absolute Gasteiger partial charge is 0.388 e. The molecule has 8 nitrogen and oxygen atoms in total. The predicted molar refractivity (Wildman–Crippen MR) is 113 cm³/mol. The van der Waals surface area contributed by atoms with Crippen molar-refractivity contribution in [1.82, 2.24) is 24.9 Å². The number of carbonyl (C=O) groups is 1. The second kappa shape index (κ2) is 7.70. The van der Waals surface area contributed by atoms with Crippen molar-refractivity contribution >= 4 is 17.5 Å². The van der Waals surface area contributed by atoms with E-state index in [2.05, 4.69) is 15.5 Å². The SMILES string of the molecule is Cn1cc(-n2nc(-c3ccc(Cl)cc3)cc(C(=O)N[C@H]3CCC[C@@]3(C)O)c2=O)cn1. The zero-order valence-electron chi connectivity index (χ0n) is 16.7. The van der Waals surface area contributed by atoms with Crippen molar-refractivity contribution in [2.24, 2.45) is 7.05 Å². The van der Waals surface area contributed by atoms with Gasteiger partial charge in [0.15, 0.2) is 0 Å².